The Hall–Kier alpha value is -2.88. The van der Waals surface area contributed by atoms with Gasteiger partial charge in [0.15, 0.2) is 0 Å². The maximum absolute atomic E-state index is 9.72. The van der Waals surface area contributed by atoms with E-state index in [0.29, 0.717) is 18.1 Å². The molecule has 0 amide bonds. The number of aromatic nitrogens is 3. The largest absolute Gasteiger partial charge is 0.385 e. The van der Waals surface area contributed by atoms with Crippen molar-refractivity contribution in [3.05, 3.63) is 70.6 Å². The van der Waals surface area contributed by atoms with Gasteiger partial charge in [-0.2, -0.15) is 0 Å². The van der Waals surface area contributed by atoms with Crippen LogP contribution < -0.4 is 5.32 Å². The average Bonchev–Trinajstić information content (AvgIpc) is 3.29. The zero-order chi connectivity index (χ0) is 17.9. The van der Waals surface area contributed by atoms with E-state index in [-0.39, 0.29) is 0 Å². The second-order valence-corrected chi connectivity index (χ2v) is 6.43. The molecule has 1 aliphatic rings. The van der Waals surface area contributed by atoms with Crippen molar-refractivity contribution < 1.29 is 9.63 Å². The van der Waals surface area contributed by atoms with E-state index in [2.05, 4.69) is 39.4 Å². The zero-order valence-corrected chi connectivity index (χ0v) is 14.6. The lowest BCUT2D eigenvalue weighted by Gasteiger charge is -2.16. The first kappa shape index (κ1) is 16.6. The first-order valence-corrected chi connectivity index (χ1v) is 8.68. The van der Waals surface area contributed by atoms with Crippen molar-refractivity contribution in [3.63, 3.8) is 0 Å². The molecule has 6 heteroatoms. The predicted octanol–water partition coefficient (Wildman–Crippen LogP) is 2.02. The molecule has 0 saturated carbocycles. The molecule has 0 fully saturated rings. The molecule has 4 rings (SSSR count). The third-order valence-corrected chi connectivity index (χ3v) is 4.44. The van der Waals surface area contributed by atoms with Gasteiger partial charge in [0, 0.05) is 30.6 Å². The van der Waals surface area contributed by atoms with E-state index < -0.39 is 6.10 Å². The van der Waals surface area contributed by atoms with E-state index in [9.17, 15) is 5.11 Å². The van der Waals surface area contributed by atoms with Gasteiger partial charge in [0.2, 0.25) is 5.76 Å². The number of rotatable bonds is 3. The minimum absolute atomic E-state index is 0.483. The van der Waals surface area contributed by atoms with Gasteiger partial charge in [-0.3, -0.25) is 0 Å². The maximum Gasteiger partial charge on any atom is 0.210 e. The molecule has 2 N–H and O–H groups in total. The molecule has 132 valence electrons. The number of nitrogens with one attached hydrogen (secondary N) is 1. The summed E-state index contributed by atoms with van der Waals surface area (Å²) in [7, 11) is 0. The maximum atomic E-state index is 9.72. The summed E-state index contributed by atoms with van der Waals surface area (Å²) >= 11 is 0. The molecule has 1 aliphatic heterocycles. The standard InChI is InChI=1S/C20H20N4O2/c1-14(25)20-22-8-9-24(20)13-18-11-19(26-23-18)5-3-15-2-4-17-12-21-7-6-16(17)10-15/h2,4,8-11,14,21,25H,6-7,12-13H2,1H3/t14-/m0/s1. The zero-order valence-electron chi connectivity index (χ0n) is 14.6. The van der Waals surface area contributed by atoms with Gasteiger partial charge in [-0.1, -0.05) is 17.1 Å². The fourth-order valence-electron chi connectivity index (χ4n) is 3.13. The first-order chi connectivity index (χ1) is 12.7. The normalized spacial score (nSPS) is 14.4. The van der Waals surface area contributed by atoms with E-state index in [0.717, 1.165) is 30.8 Å². The van der Waals surface area contributed by atoms with Gasteiger partial charge in [0.1, 0.15) is 17.6 Å². The van der Waals surface area contributed by atoms with Gasteiger partial charge >= 0.3 is 0 Å². The number of fused-ring (bicyclic) bond motifs is 1. The van der Waals surface area contributed by atoms with Crippen LogP contribution in [0.3, 0.4) is 0 Å². The molecule has 1 atom stereocenters. The van der Waals surface area contributed by atoms with Gasteiger partial charge in [0.05, 0.1) is 6.54 Å². The predicted molar refractivity (Wildman–Crippen MR) is 96.3 cm³/mol. The monoisotopic (exact) mass is 348 g/mol. The lowest BCUT2D eigenvalue weighted by molar-refractivity contribution is 0.184. The van der Waals surface area contributed by atoms with Crippen LogP contribution in [-0.2, 0) is 19.5 Å². The topological polar surface area (TPSA) is 76.1 Å². The molecule has 6 nitrogen and oxygen atoms in total. The molecule has 26 heavy (non-hydrogen) atoms. The minimum atomic E-state index is -0.629. The Morgan fingerprint density at radius 3 is 3.12 bits per heavy atom. The molecule has 0 bridgehead atoms. The number of benzene rings is 1. The highest BCUT2D eigenvalue weighted by molar-refractivity contribution is 5.44. The van der Waals surface area contributed by atoms with E-state index in [1.165, 1.54) is 11.1 Å². The van der Waals surface area contributed by atoms with Crippen LogP contribution in [0.25, 0.3) is 0 Å². The molecule has 0 unspecified atom stereocenters. The SMILES string of the molecule is C[C@H](O)c1nccn1Cc1cc(C#Cc2ccc3c(c2)CCNC3)on1. The van der Waals surface area contributed by atoms with Crippen LogP contribution in [0.4, 0.5) is 0 Å². The molecular formula is C20H20N4O2. The van der Waals surface area contributed by atoms with Crippen LogP contribution in [0.5, 0.6) is 0 Å². The fourth-order valence-corrected chi connectivity index (χ4v) is 3.13. The second kappa shape index (κ2) is 7.16. The Labute approximate surface area is 151 Å². The number of aliphatic hydroxyl groups is 1. The van der Waals surface area contributed by atoms with Gasteiger partial charge < -0.3 is 19.5 Å². The van der Waals surface area contributed by atoms with Crippen molar-refractivity contribution in [2.45, 2.75) is 32.5 Å². The van der Waals surface area contributed by atoms with Gasteiger partial charge in [-0.15, -0.1) is 0 Å². The molecule has 3 heterocycles. The lowest BCUT2D eigenvalue weighted by Crippen LogP contribution is -2.23. The van der Waals surface area contributed by atoms with E-state index >= 15 is 0 Å². The van der Waals surface area contributed by atoms with Crippen molar-refractivity contribution >= 4 is 0 Å². The number of hydrogen-bond acceptors (Lipinski definition) is 5. The summed E-state index contributed by atoms with van der Waals surface area (Å²) in [6, 6.07) is 8.15. The highest BCUT2D eigenvalue weighted by atomic mass is 16.5. The van der Waals surface area contributed by atoms with Crippen molar-refractivity contribution in [1.29, 1.82) is 0 Å². The minimum Gasteiger partial charge on any atom is -0.385 e. The molecule has 0 aliphatic carbocycles. The van der Waals surface area contributed by atoms with Gasteiger partial charge in [-0.05, 0) is 49.1 Å². The Morgan fingerprint density at radius 1 is 1.31 bits per heavy atom. The number of aliphatic hydroxyl groups excluding tert-OH is 1. The van der Waals surface area contributed by atoms with E-state index in [4.69, 9.17) is 4.52 Å². The van der Waals surface area contributed by atoms with Crippen LogP contribution in [-0.4, -0.2) is 26.4 Å². The summed E-state index contributed by atoms with van der Waals surface area (Å²) in [5.41, 5.74) is 4.43. The Kier molecular flexibility index (Phi) is 4.57. The van der Waals surface area contributed by atoms with Crippen LogP contribution in [0, 0.1) is 11.8 Å². The van der Waals surface area contributed by atoms with Crippen molar-refractivity contribution in [2.75, 3.05) is 6.54 Å². The van der Waals surface area contributed by atoms with Crippen LogP contribution in [0.2, 0.25) is 0 Å². The Bertz CT molecular complexity index is 975. The second-order valence-electron chi connectivity index (χ2n) is 6.43. The average molecular weight is 348 g/mol. The molecular weight excluding hydrogens is 328 g/mol. The molecule has 0 spiro atoms. The van der Waals surface area contributed by atoms with Crippen LogP contribution in [0.1, 0.15) is 47.0 Å². The summed E-state index contributed by atoms with van der Waals surface area (Å²) in [6.07, 6.45) is 3.88. The fraction of sp³-hybridized carbons (Fsp3) is 0.300. The molecule has 0 saturated heterocycles. The summed E-state index contributed by atoms with van der Waals surface area (Å²) in [6.45, 7) is 4.11. The highest BCUT2D eigenvalue weighted by Gasteiger charge is 2.11. The van der Waals surface area contributed by atoms with Gasteiger partial charge in [-0.25, -0.2) is 4.98 Å². The third-order valence-electron chi connectivity index (χ3n) is 4.44. The number of nitrogens with zero attached hydrogens (tertiary/aromatic N) is 3. The quantitative estimate of drug-likeness (QED) is 0.708. The van der Waals surface area contributed by atoms with Crippen molar-refractivity contribution in [1.82, 2.24) is 20.0 Å². The molecule has 0 radical (unpaired) electrons. The van der Waals surface area contributed by atoms with Crippen LogP contribution >= 0.6 is 0 Å². The van der Waals surface area contributed by atoms with E-state index in [1.54, 1.807) is 13.1 Å². The third kappa shape index (κ3) is 3.54. The molecule has 2 aromatic heterocycles. The number of imidazole rings is 1. The van der Waals surface area contributed by atoms with Gasteiger partial charge in [0.25, 0.3) is 0 Å². The van der Waals surface area contributed by atoms with Crippen molar-refractivity contribution in [2.24, 2.45) is 0 Å². The van der Waals surface area contributed by atoms with Crippen molar-refractivity contribution in [3.8, 4) is 11.8 Å². The smallest absolute Gasteiger partial charge is 0.210 e. The first-order valence-electron chi connectivity index (χ1n) is 8.68. The summed E-state index contributed by atoms with van der Waals surface area (Å²) < 4.78 is 7.16. The Morgan fingerprint density at radius 2 is 2.23 bits per heavy atom. The molecule has 3 aromatic rings. The summed E-state index contributed by atoms with van der Waals surface area (Å²) in [4.78, 5) is 4.15. The van der Waals surface area contributed by atoms with Crippen LogP contribution in [0.15, 0.2) is 41.2 Å². The number of hydrogen-bond donors (Lipinski definition) is 2. The van der Waals surface area contributed by atoms with E-state index in [1.807, 2.05) is 22.9 Å². The highest BCUT2D eigenvalue weighted by Crippen LogP contribution is 2.16. The molecule has 1 aromatic carbocycles. The summed E-state index contributed by atoms with van der Waals surface area (Å²) in [5.74, 6) is 7.31. The lowest BCUT2D eigenvalue weighted by atomic mass is 9.98. The summed E-state index contributed by atoms with van der Waals surface area (Å²) in [5, 5.41) is 17.1. The Balaban J connectivity index is 1.49.